The molecule has 0 saturated heterocycles. The quantitative estimate of drug-likeness (QED) is 0.360. The second-order valence-electron chi connectivity index (χ2n) is 7.14. The number of halogens is 7. The van der Waals surface area contributed by atoms with E-state index in [1.165, 1.54) is 18.2 Å². The van der Waals surface area contributed by atoms with E-state index in [2.05, 4.69) is 0 Å². The van der Waals surface area contributed by atoms with E-state index in [9.17, 15) is 30.7 Å². The summed E-state index contributed by atoms with van der Waals surface area (Å²) in [7, 11) is 0. The summed E-state index contributed by atoms with van der Waals surface area (Å²) in [4.78, 5) is 0. The Morgan fingerprint density at radius 1 is 0.742 bits per heavy atom. The molecular weight excluding hydrogens is 421 g/mol. The predicted molar refractivity (Wildman–Crippen MR) is 105 cm³/mol. The normalized spacial score (nSPS) is 12.0. The fourth-order valence-electron chi connectivity index (χ4n) is 3.17. The van der Waals surface area contributed by atoms with E-state index in [0.29, 0.717) is 11.6 Å². The first-order chi connectivity index (χ1) is 14.5. The number of benzene rings is 3. The van der Waals surface area contributed by atoms with Crippen molar-refractivity contribution in [2.75, 3.05) is 0 Å². The fourth-order valence-corrected chi connectivity index (χ4v) is 3.17. The predicted octanol–water partition coefficient (Wildman–Crippen LogP) is 7.58. The average Bonchev–Trinajstić information content (AvgIpc) is 2.65. The summed E-state index contributed by atoms with van der Waals surface area (Å²) in [5.41, 5.74) is 0.985. The van der Waals surface area contributed by atoms with E-state index >= 15 is 0 Å². The van der Waals surface area contributed by atoms with Crippen LogP contribution in [0.3, 0.4) is 0 Å². The summed E-state index contributed by atoms with van der Waals surface area (Å²) in [5, 5.41) is 0. The molecular formula is C24H17F7. The topological polar surface area (TPSA) is 0 Å². The van der Waals surface area contributed by atoms with Gasteiger partial charge in [-0.1, -0.05) is 24.3 Å². The van der Waals surface area contributed by atoms with Gasteiger partial charge in [0.2, 0.25) is 0 Å². The van der Waals surface area contributed by atoms with Gasteiger partial charge in [-0.05, 0) is 72.4 Å². The zero-order valence-corrected chi connectivity index (χ0v) is 16.3. The van der Waals surface area contributed by atoms with Crippen LogP contribution in [0.2, 0.25) is 0 Å². The molecule has 3 rings (SSSR count). The van der Waals surface area contributed by atoms with Gasteiger partial charge < -0.3 is 0 Å². The Balaban J connectivity index is 1.76. The van der Waals surface area contributed by atoms with Crippen molar-refractivity contribution in [1.82, 2.24) is 0 Å². The van der Waals surface area contributed by atoms with Crippen LogP contribution < -0.4 is 0 Å². The molecule has 0 heterocycles. The van der Waals surface area contributed by atoms with Crippen LogP contribution in [0.5, 0.6) is 0 Å². The lowest BCUT2D eigenvalue weighted by Crippen LogP contribution is -2.02. The van der Waals surface area contributed by atoms with Crippen LogP contribution in [0.15, 0.2) is 54.6 Å². The molecule has 0 bridgehead atoms. The lowest BCUT2D eigenvalue weighted by Gasteiger charge is -2.09. The average molecular weight is 438 g/mol. The third-order valence-electron chi connectivity index (χ3n) is 4.75. The number of rotatable bonds is 5. The molecule has 7 heteroatoms. The Kier molecular flexibility index (Phi) is 6.53. The SMILES string of the molecule is Cc1ccc(-c2ccc(CCc3cc(F)c(/C=C/C(F)(F)F)c(F)c3)c(F)c2)c(F)c1. The highest BCUT2D eigenvalue weighted by Crippen LogP contribution is 2.27. The molecule has 0 amide bonds. The van der Waals surface area contributed by atoms with Crippen molar-refractivity contribution in [2.24, 2.45) is 0 Å². The zero-order valence-electron chi connectivity index (χ0n) is 16.3. The van der Waals surface area contributed by atoms with Crippen LogP contribution in [0.25, 0.3) is 17.2 Å². The molecule has 0 atom stereocenters. The third kappa shape index (κ3) is 5.75. The van der Waals surface area contributed by atoms with Crippen molar-refractivity contribution >= 4 is 6.08 Å². The molecule has 0 radical (unpaired) electrons. The molecule has 0 saturated carbocycles. The Morgan fingerprint density at radius 2 is 1.42 bits per heavy atom. The van der Waals surface area contributed by atoms with E-state index in [1.54, 1.807) is 25.1 Å². The van der Waals surface area contributed by atoms with Gasteiger partial charge in [-0.2, -0.15) is 13.2 Å². The maximum atomic E-state index is 14.5. The number of alkyl halides is 3. The molecule has 0 unspecified atom stereocenters. The molecule has 0 aliphatic rings. The molecule has 0 aliphatic heterocycles. The summed E-state index contributed by atoms with van der Waals surface area (Å²) < 4.78 is 93.3. The highest BCUT2D eigenvalue weighted by Gasteiger charge is 2.23. The van der Waals surface area contributed by atoms with Crippen molar-refractivity contribution in [1.29, 1.82) is 0 Å². The Labute approximate surface area is 174 Å². The smallest absolute Gasteiger partial charge is 0.207 e. The van der Waals surface area contributed by atoms with Gasteiger partial charge in [-0.25, -0.2) is 17.6 Å². The van der Waals surface area contributed by atoms with Gasteiger partial charge in [0.25, 0.3) is 0 Å². The molecule has 162 valence electrons. The second-order valence-corrected chi connectivity index (χ2v) is 7.14. The molecule has 31 heavy (non-hydrogen) atoms. The standard InChI is InChI=1S/C24H17F7/c1-14-2-7-18(21(26)10-14)17-6-5-16(20(25)13-17)4-3-15-11-22(27)19(23(28)12-15)8-9-24(29,30)31/h2,5-13H,3-4H2,1H3/b9-8+. The van der Waals surface area contributed by atoms with Gasteiger partial charge in [-0.15, -0.1) is 0 Å². The molecule has 0 nitrogen and oxygen atoms in total. The largest absolute Gasteiger partial charge is 0.409 e. The van der Waals surface area contributed by atoms with Crippen molar-refractivity contribution in [2.45, 2.75) is 25.9 Å². The van der Waals surface area contributed by atoms with E-state index in [1.807, 2.05) is 0 Å². The molecule has 0 fully saturated rings. The van der Waals surface area contributed by atoms with Gasteiger partial charge in [-0.3, -0.25) is 0 Å². The van der Waals surface area contributed by atoms with Gasteiger partial charge in [0.15, 0.2) is 0 Å². The van der Waals surface area contributed by atoms with Crippen LogP contribution in [-0.2, 0) is 12.8 Å². The van der Waals surface area contributed by atoms with Crippen LogP contribution in [0.4, 0.5) is 30.7 Å². The van der Waals surface area contributed by atoms with Gasteiger partial charge in [0.1, 0.15) is 23.3 Å². The van der Waals surface area contributed by atoms with Crippen LogP contribution >= 0.6 is 0 Å². The van der Waals surface area contributed by atoms with Gasteiger partial charge in [0, 0.05) is 17.2 Å². The van der Waals surface area contributed by atoms with Crippen molar-refractivity contribution < 1.29 is 30.7 Å². The van der Waals surface area contributed by atoms with Gasteiger partial charge >= 0.3 is 6.18 Å². The monoisotopic (exact) mass is 438 g/mol. The summed E-state index contributed by atoms with van der Waals surface area (Å²) >= 11 is 0. The van der Waals surface area contributed by atoms with Gasteiger partial charge in [0.05, 0.1) is 0 Å². The summed E-state index contributed by atoms with van der Waals surface area (Å²) in [6.45, 7) is 1.74. The van der Waals surface area contributed by atoms with E-state index in [4.69, 9.17) is 0 Å². The Hall–Kier alpha value is -3.09. The number of hydrogen-bond donors (Lipinski definition) is 0. The van der Waals surface area contributed by atoms with Crippen molar-refractivity contribution in [3.05, 3.63) is 100 Å². The summed E-state index contributed by atoms with van der Waals surface area (Å²) in [6.07, 6.45) is -4.45. The second kappa shape index (κ2) is 8.96. The molecule has 0 spiro atoms. The lowest BCUT2D eigenvalue weighted by atomic mass is 9.98. The molecule has 0 N–H and O–H groups in total. The van der Waals surface area contributed by atoms with Crippen LogP contribution in [0.1, 0.15) is 22.3 Å². The molecule has 0 aromatic heterocycles. The Morgan fingerprint density at radius 3 is 2.00 bits per heavy atom. The fraction of sp³-hybridized carbons (Fsp3) is 0.167. The molecule has 3 aromatic rings. The maximum absolute atomic E-state index is 14.5. The van der Waals surface area contributed by atoms with E-state index < -0.39 is 35.0 Å². The van der Waals surface area contributed by atoms with Crippen LogP contribution in [0, 0.1) is 30.2 Å². The number of hydrogen-bond acceptors (Lipinski definition) is 0. The molecule has 0 aliphatic carbocycles. The maximum Gasteiger partial charge on any atom is 0.409 e. The first kappa shape index (κ1) is 22.6. The zero-order chi connectivity index (χ0) is 22.8. The summed E-state index contributed by atoms with van der Waals surface area (Å²) in [5.74, 6) is -3.34. The van der Waals surface area contributed by atoms with E-state index in [-0.39, 0.29) is 35.6 Å². The number of aryl methyl sites for hydroxylation is 3. The highest BCUT2D eigenvalue weighted by atomic mass is 19.4. The van der Waals surface area contributed by atoms with Crippen LogP contribution in [-0.4, -0.2) is 6.18 Å². The minimum Gasteiger partial charge on any atom is -0.207 e. The lowest BCUT2D eigenvalue weighted by molar-refractivity contribution is -0.0790. The number of allylic oxidation sites excluding steroid dienone is 1. The third-order valence-corrected chi connectivity index (χ3v) is 4.75. The first-order valence-corrected chi connectivity index (χ1v) is 9.32. The van der Waals surface area contributed by atoms with Crippen molar-refractivity contribution in [3.8, 4) is 11.1 Å². The highest BCUT2D eigenvalue weighted by molar-refractivity contribution is 5.65. The van der Waals surface area contributed by atoms with Crippen molar-refractivity contribution in [3.63, 3.8) is 0 Å². The minimum atomic E-state index is -4.69. The Bertz CT molecular complexity index is 1100. The first-order valence-electron chi connectivity index (χ1n) is 9.32. The minimum absolute atomic E-state index is 0.0618. The molecule has 3 aromatic carbocycles. The summed E-state index contributed by atoms with van der Waals surface area (Å²) in [6, 6.07) is 10.7. The van der Waals surface area contributed by atoms with E-state index in [0.717, 1.165) is 17.7 Å².